The largest absolute Gasteiger partial charge is 0.384 e. The standard InChI is InChI=1S/C25H31F2N5O2/c1-30(25(34)23-20(26)3-2-4-21(23)27)19-8-13-32(14-9-19)24(33)18-6-11-31(12-7-18)16-17-5-10-29-22(28)15-17/h2-5,10,15,18-19H,6-9,11-14,16H2,1H3,(H2,28,29). The minimum Gasteiger partial charge on any atom is -0.384 e. The zero-order valence-electron chi connectivity index (χ0n) is 19.4. The summed E-state index contributed by atoms with van der Waals surface area (Å²) < 4.78 is 28.0. The number of hydrogen-bond acceptors (Lipinski definition) is 5. The van der Waals surface area contributed by atoms with Crippen LogP contribution >= 0.6 is 0 Å². The van der Waals surface area contributed by atoms with Gasteiger partial charge in [-0.15, -0.1) is 0 Å². The van der Waals surface area contributed by atoms with Gasteiger partial charge in [-0.2, -0.15) is 0 Å². The smallest absolute Gasteiger partial charge is 0.259 e. The first-order valence-corrected chi connectivity index (χ1v) is 11.8. The van der Waals surface area contributed by atoms with Crippen LogP contribution in [0.1, 0.15) is 41.6 Å². The van der Waals surface area contributed by atoms with E-state index in [0.29, 0.717) is 31.7 Å². The van der Waals surface area contributed by atoms with Crippen molar-refractivity contribution in [3.63, 3.8) is 0 Å². The number of piperidine rings is 2. The van der Waals surface area contributed by atoms with Crippen molar-refractivity contribution in [3.05, 3.63) is 59.3 Å². The van der Waals surface area contributed by atoms with Crippen molar-refractivity contribution in [1.29, 1.82) is 0 Å². The summed E-state index contributed by atoms with van der Waals surface area (Å²) in [5, 5.41) is 0. The number of carbonyl (C=O) groups excluding carboxylic acids is 2. The Morgan fingerprint density at radius 3 is 2.32 bits per heavy atom. The minimum absolute atomic E-state index is 0.00202. The lowest BCUT2D eigenvalue weighted by Crippen LogP contribution is -2.50. The number of aromatic nitrogens is 1. The van der Waals surface area contributed by atoms with Gasteiger partial charge in [0.25, 0.3) is 5.91 Å². The molecule has 7 nitrogen and oxygen atoms in total. The van der Waals surface area contributed by atoms with E-state index < -0.39 is 23.1 Å². The van der Waals surface area contributed by atoms with Crippen LogP contribution in [-0.2, 0) is 11.3 Å². The van der Waals surface area contributed by atoms with Crippen molar-refractivity contribution >= 4 is 17.6 Å². The van der Waals surface area contributed by atoms with E-state index in [-0.39, 0.29) is 17.9 Å². The van der Waals surface area contributed by atoms with E-state index in [1.807, 2.05) is 17.0 Å². The monoisotopic (exact) mass is 471 g/mol. The van der Waals surface area contributed by atoms with E-state index in [1.54, 1.807) is 13.2 Å². The highest BCUT2D eigenvalue weighted by Crippen LogP contribution is 2.25. The summed E-state index contributed by atoms with van der Waals surface area (Å²) in [4.78, 5) is 35.4. The van der Waals surface area contributed by atoms with E-state index in [1.165, 1.54) is 11.0 Å². The van der Waals surface area contributed by atoms with E-state index in [9.17, 15) is 18.4 Å². The van der Waals surface area contributed by atoms with Gasteiger partial charge in [-0.1, -0.05) is 6.07 Å². The topological polar surface area (TPSA) is 82.8 Å². The van der Waals surface area contributed by atoms with Crippen LogP contribution in [0.3, 0.4) is 0 Å². The molecule has 0 radical (unpaired) electrons. The summed E-state index contributed by atoms with van der Waals surface area (Å²) in [6, 6.07) is 7.09. The average molecular weight is 472 g/mol. The van der Waals surface area contributed by atoms with Crippen LogP contribution < -0.4 is 5.73 Å². The number of rotatable bonds is 5. The summed E-state index contributed by atoms with van der Waals surface area (Å²) in [6.45, 7) is 3.57. The van der Waals surface area contributed by atoms with Gasteiger partial charge in [-0.25, -0.2) is 13.8 Å². The van der Waals surface area contributed by atoms with Gasteiger partial charge >= 0.3 is 0 Å². The van der Waals surface area contributed by atoms with Crippen LogP contribution in [0.2, 0.25) is 0 Å². The van der Waals surface area contributed by atoms with Crippen molar-refractivity contribution in [2.24, 2.45) is 5.92 Å². The van der Waals surface area contributed by atoms with Crippen LogP contribution in [0.15, 0.2) is 36.5 Å². The second-order valence-electron chi connectivity index (χ2n) is 9.21. The van der Waals surface area contributed by atoms with Gasteiger partial charge in [0.1, 0.15) is 23.0 Å². The first kappa shape index (κ1) is 24.1. The molecule has 0 bridgehead atoms. The van der Waals surface area contributed by atoms with Gasteiger partial charge in [-0.05, 0) is 68.6 Å². The lowest BCUT2D eigenvalue weighted by atomic mass is 9.93. The van der Waals surface area contributed by atoms with Crippen molar-refractivity contribution < 1.29 is 18.4 Å². The second-order valence-corrected chi connectivity index (χ2v) is 9.21. The molecule has 1 aromatic carbocycles. The van der Waals surface area contributed by atoms with Crippen molar-refractivity contribution in [1.82, 2.24) is 19.7 Å². The molecule has 0 spiro atoms. The van der Waals surface area contributed by atoms with Gasteiger partial charge in [0.05, 0.1) is 0 Å². The minimum atomic E-state index is -0.858. The summed E-state index contributed by atoms with van der Waals surface area (Å²) >= 11 is 0. The van der Waals surface area contributed by atoms with E-state index >= 15 is 0 Å². The number of likely N-dealkylation sites (tertiary alicyclic amines) is 2. The normalized spacial score (nSPS) is 18.1. The number of nitrogens with zero attached hydrogens (tertiary/aromatic N) is 4. The van der Waals surface area contributed by atoms with E-state index in [0.717, 1.165) is 50.2 Å². The van der Waals surface area contributed by atoms with Gasteiger partial charge < -0.3 is 15.5 Å². The Morgan fingerprint density at radius 1 is 1.06 bits per heavy atom. The summed E-state index contributed by atoms with van der Waals surface area (Å²) in [7, 11) is 1.57. The van der Waals surface area contributed by atoms with Crippen molar-refractivity contribution in [3.8, 4) is 0 Å². The van der Waals surface area contributed by atoms with Gasteiger partial charge in [-0.3, -0.25) is 14.5 Å². The zero-order chi connectivity index (χ0) is 24.2. The van der Waals surface area contributed by atoms with Gasteiger partial charge in [0.15, 0.2) is 0 Å². The SMILES string of the molecule is CN(C(=O)c1c(F)cccc1F)C1CCN(C(=O)C2CCN(Cc3ccnc(N)c3)CC2)CC1. The molecule has 0 saturated carbocycles. The molecule has 2 aliphatic rings. The molecule has 2 fully saturated rings. The summed E-state index contributed by atoms with van der Waals surface area (Å²) in [5.41, 5.74) is 6.36. The molecule has 34 heavy (non-hydrogen) atoms. The Bertz CT molecular complexity index is 1010. The molecule has 9 heteroatoms. The lowest BCUT2D eigenvalue weighted by Gasteiger charge is -2.39. The molecule has 2 saturated heterocycles. The average Bonchev–Trinajstić information content (AvgIpc) is 2.83. The van der Waals surface area contributed by atoms with E-state index in [2.05, 4.69) is 9.88 Å². The Balaban J connectivity index is 1.26. The number of nitrogens with two attached hydrogens (primary N) is 1. The Morgan fingerprint density at radius 2 is 1.71 bits per heavy atom. The predicted molar refractivity (Wildman–Crippen MR) is 125 cm³/mol. The molecule has 4 rings (SSSR count). The lowest BCUT2D eigenvalue weighted by molar-refractivity contribution is -0.138. The molecular formula is C25H31F2N5O2. The molecule has 0 atom stereocenters. The predicted octanol–water partition coefficient (Wildman–Crippen LogP) is 2.92. The van der Waals surface area contributed by atoms with Crippen LogP contribution in [0, 0.1) is 17.6 Å². The maximum absolute atomic E-state index is 14.0. The van der Waals surface area contributed by atoms with Crippen LogP contribution in [0.4, 0.5) is 14.6 Å². The molecule has 182 valence electrons. The third kappa shape index (κ3) is 5.35. The highest BCUT2D eigenvalue weighted by molar-refractivity contribution is 5.94. The maximum atomic E-state index is 14.0. The third-order valence-electron chi connectivity index (χ3n) is 7.01. The Hall–Kier alpha value is -3.07. The molecule has 2 amide bonds. The summed E-state index contributed by atoms with van der Waals surface area (Å²) in [5.74, 6) is -1.70. The molecular weight excluding hydrogens is 440 g/mol. The van der Waals surface area contributed by atoms with Crippen molar-refractivity contribution in [2.75, 3.05) is 39.0 Å². The molecule has 1 aromatic heterocycles. The fraction of sp³-hybridized carbons (Fsp3) is 0.480. The van der Waals surface area contributed by atoms with Crippen LogP contribution in [0.25, 0.3) is 0 Å². The number of pyridine rings is 1. The maximum Gasteiger partial charge on any atom is 0.259 e. The van der Waals surface area contributed by atoms with Crippen LogP contribution in [0.5, 0.6) is 0 Å². The quantitative estimate of drug-likeness (QED) is 0.725. The van der Waals surface area contributed by atoms with Gasteiger partial charge in [0.2, 0.25) is 5.91 Å². The van der Waals surface area contributed by atoms with Crippen molar-refractivity contribution in [2.45, 2.75) is 38.3 Å². The zero-order valence-corrected chi connectivity index (χ0v) is 19.4. The first-order chi connectivity index (χ1) is 16.3. The third-order valence-corrected chi connectivity index (χ3v) is 7.01. The Labute approximate surface area is 198 Å². The second kappa shape index (κ2) is 10.5. The number of halogens is 2. The molecule has 2 aromatic rings. The fourth-order valence-electron chi connectivity index (χ4n) is 4.97. The number of anilines is 1. The van der Waals surface area contributed by atoms with E-state index in [4.69, 9.17) is 5.73 Å². The Kier molecular flexibility index (Phi) is 7.41. The highest BCUT2D eigenvalue weighted by Gasteiger charge is 2.33. The molecule has 3 heterocycles. The number of nitrogen functional groups attached to an aromatic ring is 1. The number of amides is 2. The van der Waals surface area contributed by atoms with Gasteiger partial charge in [0, 0.05) is 44.8 Å². The molecule has 2 aliphatic heterocycles. The first-order valence-electron chi connectivity index (χ1n) is 11.8. The molecule has 0 aliphatic carbocycles. The fourth-order valence-corrected chi connectivity index (χ4v) is 4.97. The molecule has 2 N–H and O–H groups in total. The summed E-state index contributed by atoms with van der Waals surface area (Å²) in [6.07, 6.45) is 4.51. The highest BCUT2D eigenvalue weighted by atomic mass is 19.1. The van der Waals surface area contributed by atoms with Crippen LogP contribution in [-0.4, -0.2) is 70.8 Å². The molecule has 0 unspecified atom stereocenters. The number of benzene rings is 1. The number of carbonyl (C=O) groups is 2. The number of hydrogen-bond donors (Lipinski definition) is 1.